The van der Waals surface area contributed by atoms with E-state index in [-0.39, 0.29) is 39.5 Å². The van der Waals surface area contributed by atoms with Crippen LogP contribution in [0.3, 0.4) is 0 Å². The number of aromatic hydroxyl groups is 1. The number of benzene rings is 2. The number of aryl methyl sites for hydroxylation is 1. The van der Waals surface area contributed by atoms with Gasteiger partial charge in [0.15, 0.2) is 0 Å². The molecular weight excluding hydrogens is 365 g/mol. The summed E-state index contributed by atoms with van der Waals surface area (Å²) in [5.41, 5.74) is 1.95. The SMILES string of the molecule is O=[C-]Cc1ccccc1O.[Cd+2].c1ccc2c(c1)CC[CH-]O2. The van der Waals surface area contributed by atoms with Crippen LogP contribution in [0.5, 0.6) is 11.5 Å². The van der Waals surface area contributed by atoms with E-state index >= 15 is 0 Å². The molecule has 0 aromatic heterocycles. The summed E-state index contributed by atoms with van der Waals surface area (Å²) in [5.74, 6) is 1.18. The van der Waals surface area contributed by atoms with Crippen molar-refractivity contribution in [2.24, 2.45) is 0 Å². The molecule has 1 heterocycles. The molecule has 3 nitrogen and oxygen atoms in total. The number of fused-ring (bicyclic) bond motifs is 1. The van der Waals surface area contributed by atoms with Gasteiger partial charge < -0.3 is 14.6 Å². The fourth-order valence-corrected chi connectivity index (χ4v) is 1.93. The average Bonchev–Trinajstić information content (AvgIpc) is 2.51. The van der Waals surface area contributed by atoms with E-state index < -0.39 is 0 Å². The van der Waals surface area contributed by atoms with Gasteiger partial charge in [-0.15, -0.1) is 12.8 Å². The monoisotopic (exact) mass is 382 g/mol. The molecule has 2 aromatic rings. The Labute approximate surface area is 145 Å². The number of hydrogen-bond donors (Lipinski definition) is 1. The third-order valence-electron chi connectivity index (χ3n) is 2.97. The van der Waals surface area contributed by atoms with Gasteiger partial charge in [-0.3, -0.25) is 6.29 Å². The molecule has 3 rings (SSSR count). The molecule has 2 aromatic carbocycles. The Bertz CT molecular complexity index is 544. The molecule has 0 amide bonds. The molecule has 0 fully saturated rings. The predicted molar refractivity (Wildman–Crippen MR) is 77.2 cm³/mol. The molecule has 1 aliphatic heterocycles. The fourth-order valence-electron chi connectivity index (χ4n) is 1.93. The maximum Gasteiger partial charge on any atom is 2.00 e. The molecular formula is C17H16CdO3. The van der Waals surface area contributed by atoms with Crippen molar-refractivity contribution in [3.63, 3.8) is 0 Å². The zero-order valence-electron chi connectivity index (χ0n) is 11.8. The van der Waals surface area contributed by atoms with Crippen LogP contribution in [0.15, 0.2) is 48.5 Å². The third-order valence-corrected chi connectivity index (χ3v) is 2.97. The second-order valence-corrected chi connectivity index (χ2v) is 4.38. The molecule has 0 atom stereocenters. The van der Waals surface area contributed by atoms with Gasteiger partial charge in [-0.1, -0.05) is 36.4 Å². The minimum absolute atomic E-state index is 0. The Hall–Kier alpha value is -1.37. The summed E-state index contributed by atoms with van der Waals surface area (Å²) in [6, 6.07) is 14.9. The summed E-state index contributed by atoms with van der Waals surface area (Å²) in [4.78, 5) is 9.89. The van der Waals surface area contributed by atoms with E-state index in [1.807, 2.05) is 24.8 Å². The fraction of sp³-hybridized carbons (Fsp3) is 0.176. The average molecular weight is 381 g/mol. The van der Waals surface area contributed by atoms with Crippen LogP contribution >= 0.6 is 0 Å². The van der Waals surface area contributed by atoms with Gasteiger partial charge in [-0.2, -0.15) is 6.61 Å². The van der Waals surface area contributed by atoms with E-state index in [0.29, 0.717) is 5.56 Å². The molecule has 0 bridgehead atoms. The topological polar surface area (TPSA) is 46.5 Å². The first-order chi connectivity index (χ1) is 9.81. The van der Waals surface area contributed by atoms with Gasteiger partial charge in [0, 0.05) is 0 Å². The van der Waals surface area contributed by atoms with E-state index in [1.165, 1.54) is 5.56 Å². The minimum atomic E-state index is 0. The first-order valence-corrected chi connectivity index (χ1v) is 6.49. The van der Waals surface area contributed by atoms with Crippen molar-refractivity contribution in [3.8, 4) is 11.5 Å². The van der Waals surface area contributed by atoms with Crippen LogP contribution in [-0.2, 0) is 44.9 Å². The van der Waals surface area contributed by atoms with Crippen molar-refractivity contribution in [3.05, 3.63) is 66.3 Å². The van der Waals surface area contributed by atoms with Crippen molar-refractivity contribution in [2.75, 3.05) is 0 Å². The van der Waals surface area contributed by atoms with Gasteiger partial charge in [-0.05, 0) is 29.7 Å². The van der Waals surface area contributed by atoms with Crippen molar-refractivity contribution in [1.82, 2.24) is 0 Å². The van der Waals surface area contributed by atoms with Crippen LogP contribution < -0.4 is 4.74 Å². The Balaban J connectivity index is 0.000000200. The van der Waals surface area contributed by atoms with Crippen molar-refractivity contribution >= 4 is 6.29 Å². The molecule has 1 N–H and O–H groups in total. The zero-order chi connectivity index (χ0) is 14.2. The molecule has 4 heteroatoms. The number of phenolic OH excluding ortho intramolecular Hbond substituents is 1. The largest absolute Gasteiger partial charge is 2.00 e. The van der Waals surface area contributed by atoms with Gasteiger partial charge in [0.1, 0.15) is 5.75 Å². The Morgan fingerprint density at radius 2 is 1.86 bits per heavy atom. The Kier molecular flexibility index (Phi) is 8.04. The normalized spacial score (nSPS) is 11.8. The quantitative estimate of drug-likeness (QED) is 0.643. The van der Waals surface area contributed by atoms with Crippen LogP contribution in [0.25, 0.3) is 0 Å². The number of phenols is 1. The van der Waals surface area contributed by atoms with Crippen LogP contribution in [-0.4, -0.2) is 11.4 Å². The predicted octanol–water partition coefficient (Wildman–Crippen LogP) is 3.22. The molecule has 0 unspecified atom stereocenters. The van der Waals surface area contributed by atoms with E-state index in [1.54, 1.807) is 30.6 Å². The van der Waals surface area contributed by atoms with Crippen molar-refractivity contribution in [2.45, 2.75) is 19.3 Å². The standard InChI is InChI=1S/C9H9O.C8H7O2.Cd/c1-2-6-9-8(4-1)5-3-7-10-9;9-6-5-7-3-1-2-4-8(7)10;/h1-2,4,6-7H,3,5H2;1-4,10H,5H2;/q2*-1;+2. The minimum Gasteiger partial charge on any atom is -0.662 e. The second kappa shape index (κ2) is 9.55. The van der Waals surface area contributed by atoms with Gasteiger partial charge in [0.05, 0.1) is 5.75 Å². The Morgan fingerprint density at radius 3 is 2.57 bits per heavy atom. The van der Waals surface area contributed by atoms with Crippen LogP contribution in [0.4, 0.5) is 0 Å². The molecule has 21 heavy (non-hydrogen) atoms. The molecule has 0 radical (unpaired) electrons. The van der Waals surface area contributed by atoms with E-state index in [2.05, 4.69) is 6.07 Å². The maximum absolute atomic E-state index is 9.89. The second-order valence-electron chi connectivity index (χ2n) is 4.38. The van der Waals surface area contributed by atoms with E-state index in [4.69, 9.17) is 9.84 Å². The molecule has 0 spiro atoms. The van der Waals surface area contributed by atoms with Crippen LogP contribution in [0, 0.1) is 6.61 Å². The summed E-state index contributed by atoms with van der Waals surface area (Å²) in [5, 5.41) is 9.06. The third kappa shape index (κ3) is 5.49. The number of rotatable bonds is 2. The molecule has 0 saturated heterocycles. The molecule has 0 aliphatic carbocycles. The van der Waals surface area contributed by atoms with Gasteiger partial charge in [0.25, 0.3) is 0 Å². The summed E-state index contributed by atoms with van der Waals surface area (Å²) < 4.78 is 5.30. The summed E-state index contributed by atoms with van der Waals surface area (Å²) in [6.07, 6.45) is 4.03. The van der Waals surface area contributed by atoms with Gasteiger partial charge in [0.2, 0.25) is 0 Å². The summed E-state index contributed by atoms with van der Waals surface area (Å²) in [7, 11) is 0. The van der Waals surface area contributed by atoms with Gasteiger partial charge >= 0.3 is 27.3 Å². The van der Waals surface area contributed by atoms with E-state index in [9.17, 15) is 4.79 Å². The number of ether oxygens (including phenoxy) is 1. The number of para-hydroxylation sites is 2. The molecule has 104 valence electrons. The number of hydrogen-bond acceptors (Lipinski definition) is 3. The first-order valence-electron chi connectivity index (χ1n) is 6.49. The summed E-state index contributed by atoms with van der Waals surface area (Å²) >= 11 is 0. The van der Waals surface area contributed by atoms with Crippen molar-refractivity contribution in [1.29, 1.82) is 0 Å². The maximum atomic E-state index is 9.89. The summed E-state index contributed by atoms with van der Waals surface area (Å²) in [6.45, 7) is 1.86. The first kappa shape index (κ1) is 17.7. The zero-order valence-corrected chi connectivity index (χ0v) is 15.8. The molecule has 0 saturated carbocycles. The van der Waals surface area contributed by atoms with Gasteiger partial charge in [-0.25, -0.2) is 0 Å². The van der Waals surface area contributed by atoms with Crippen molar-refractivity contribution < 1.29 is 41.9 Å². The number of carbonyl (C=O) groups excluding carboxylic acids is 1. The smallest absolute Gasteiger partial charge is 0.662 e. The molecule has 1 aliphatic rings. The van der Waals surface area contributed by atoms with E-state index in [0.717, 1.165) is 18.6 Å². The Morgan fingerprint density at radius 1 is 1.14 bits per heavy atom. The van der Waals surface area contributed by atoms with Crippen LogP contribution in [0.2, 0.25) is 0 Å². The van der Waals surface area contributed by atoms with Crippen LogP contribution in [0.1, 0.15) is 17.5 Å².